The van der Waals surface area contributed by atoms with Gasteiger partial charge in [0.1, 0.15) is 0 Å². The first-order valence-corrected chi connectivity index (χ1v) is 3.83. The average molecular weight is 223 g/mol. The maximum absolute atomic E-state index is 5.55. The van der Waals surface area contributed by atoms with Crippen molar-refractivity contribution in [2.45, 2.75) is 0 Å². The monoisotopic (exact) mass is 221 g/mol. The third-order valence-electron chi connectivity index (χ3n) is 1.50. The Balaban J connectivity index is 0. The van der Waals surface area contributed by atoms with Gasteiger partial charge in [-0.15, -0.1) is 36.4 Å². The number of ether oxygens (including phenoxy) is 1. The van der Waals surface area contributed by atoms with Gasteiger partial charge in [-0.3, -0.25) is 4.90 Å². The molecule has 11 heavy (non-hydrogen) atoms. The zero-order chi connectivity index (χ0) is 6.53. The summed E-state index contributed by atoms with van der Waals surface area (Å²) in [7, 11) is 0. The second-order valence-corrected chi connectivity index (χ2v) is 2.52. The van der Waals surface area contributed by atoms with E-state index in [4.69, 9.17) is 16.3 Å². The van der Waals surface area contributed by atoms with Crippen molar-refractivity contribution in [3.63, 3.8) is 0 Å². The van der Waals surface area contributed by atoms with Crippen LogP contribution < -0.4 is 0 Å². The molecular weight excluding hydrogens is 208 g/mol. The Bertz CT molecular complexity index is 75.5. The van der Waals surface area contributed by atoms with Crippen molar-refractivity contribution in [2.24, 2.45) is 0 Å². The minimum absolute atomic E-state index is 0. The topological polar surface area (TPSA) is 12.5 Å². The number of hydrogen-bond acceptors (Lipinski definition) is 2. The van der Waals surface area contributed by atoms with Crippen LogP contribution in [0.25, 0.3) is 0 Å². The molecule has 0 amide bonds. The molecule has 1 rings (SSSR count). The van der Waals surface area contributed by atoms with E-state index in [0.29, 0.717) is 0 Å². The molecule has 1 saturated heterocycles. The fourth-order valence-corrected chi connectivity index (χ4v) is 1.18. The number of rotatable bonds is 2. The molecule has 1 aliphatic rings. The highest BCUT2D eigenvalue weighted by Gasteiger charge is 2.07. The van der Waals surface area contributed by atoms with Gasteiger partial charge in [-0.05, 0) is 0 Å². The molecule has 0 atom stereocenters. The highest BCUT2D eigenvalue weighted by atomic mass is 35.5. The van der Waals surface area contributed by atoms with Crippen LogP contribution in [0.4, 0.5) is 0 Å². The van der Waals surface area contributed by atoms with Crippen molar-refractivity contribution in [2.75, 3.05) is 38.7 Å². The van der Waals surface area contributed by atoms with Crippen LogP contribution in [-0.4, -0.2) is 43.6 Å². The highest BCUT2D eigenvalue weighted by Crippen LogP contribution is 1.95. The first-order chi connectivity index (χ1) is 4.43. The van der Waals surface area contributed by atoms with E-state index in [1.165, 1.54) is 0 Å². The summed E-state index contributed by atoms with van der Waals surface area (Å²) in [4.78, 5) is 2.32. The van der Waals surface area contributed by atoms with Crippen LogP contribution >= 0.6 is 36.4 Å². The van der Waals surface area contributed by atoms with Crippen LogP contribution in [0.3, 0.4) is 0 Å². The number of morpholine rings is 1. The van der Waals surface area contributed by atoms with Gasteiger partial charge in [0.2, 0.25) is 0 Å². The number of alkyl halides is 1. The first-order valence-electron chi connectivity index (χ1n) is 3.29. The van der Waals surface area contributed by atoms with Crippen molar-refractivity contribution in [3.05, 3.63) is 0 Å². The van der Waals surface area contributed by atoms with E-state index in [-0.39, 0.29) is 24.8 Å². The van der Waals surface area contributed by atoms with Gasteiger partial charge in [0.05, 0.1) is 13.2 Å². The molecule has 0 N–H and O–H groups in total. The first kappa shape index (κ1) is 14.3. The molecule has 0 saturated carbocycles. The summed E-state index contributed by atoms with van der Waals surface area (Å²) in [5.74, 6) is 0.736. The highest BCUT2D eigenvalue weighted by molar-refractivity contribution is 6.18. The predicted molar refractivity (Wildman–Crippen MR) is 52.5 cm³/mol. The zero-order valence-electron chi connectivity index (χ0n) is 6.29. The van der Waals surface area contributed by atoms with Gasteiger partial charge in [0, 0.05) is 25.5 Å². The van der Waals surface area contributed by atoms with Crippen LogP contribution in [0.5, 0.6) is 0 Å². The Labute approximate surface area is 85.0 Å². The second-order valence-electron chi connectivity index (χ2n) is 2.14. The van der Waals surface area contributed by atoms with Crippen molar-refractivity contribution in [1.82, 2.24) is 4.90 Å². The van der Waals surface area contributed by atoms with Gasteiger partial charge in [-0.25, -0.2) is 0 Å². The van der Waals surface area contributed by atoms with E-state index in [1.807, 2.05) is 0 Å². The standard InChI is InChI=1S/C6H12ClNO.2ClH/c7-1-2-8-3-5-9-6-4-8;;/h1-6H2;2*1H. The lowest BCUT2D eigenvalue weighted by Crippen LogP contribution is -2.37. The van der Waals surface area contributed by atoms with Gasteiger partial charge in [-0.2, -0.15) is 0 Å². The fraction of sp³-hybridized carbons (Fsp3) is 1.00. The lowest BCUT2D eigenvalue weighted by Gasteiger charge is -2.25. The average Bonchev–Trinajstić information content (AvgIpc) is 1.91. The Kier molecular flexibility index (Phi) is 11.6. The summed E-state index contributed by atoms with van der Waals surface area (Å²) in [5.41, 5.74) is 0. The molecule has 1 fully saturated rings. The molecule has 0 aromatic heterocycles. The Hall–Kier alpha value is 0.790. The van der Waals surface area contributed by atoms with Crippen molar-refractivity contribution in [1.29, 1.82) is 0 Å². The number of hydrogen-bond donors (Lipinski definition) is 0. The summed E-state index contributed by atoms with van der Waals surface area (Å²) in [6.07, 6.45) is 0. The lowest BCUT2D eigenvalue weighted by atomic mass is 10.4. The van der Waals surface area contributed by atoms with E-state index in [2.05, 4.69) is 4.90 Å². The Morgan fingerprint density at radius 1 is 1.18 bits per heavy atom. The quantitative estimate of drug-likeness (QED) is 0.655. The molecule has 70 valence electrons. The minimum Gasteiger partial charge on any atom is -0.379 e. The van der Waals surface area contributed by atoms with Gasteiger partial charge in [0.25, 0.3) is 0 Å². The summed E-state index contributed by atoms with van der Waals surface area (Å²) in [6.45, 7) is 4.85. The predicted octanol–water partition coefficient (Wildman–Crippen LogP) is 1.40. The van der Waals surface area contributed by atoms with E-state index in [9.17, 15) is 0 Å². The van der Waals surface area contributed by atoms with E-state index >= 15 is 0 Å². The smallest absolute Gasteiger partial charge is 0.0594 e. The SMILES string of the molecule is Cl.Cl.ClCCN1CCOCC1. The Morgan fingerprint density at radius 2 is 1.73 bits per heavy atom. The molecule has 0 aromatic rings. The summed E-state index contributed by atoms with van der Waals surface area (Å²) in [5, 5.41) is 0. The van der Waals surface area contributed by atoms with Crippen LogP contribution in [0.1, 0.15) is 0 Å². The third kappa shape index (κ3) is 6.00. The molecule has 0 bridgehead atoms. The summed E-state index contributed by atoms with van der Waals surface area (Å²) >= 11 is 5.55. The molecule has 0 aromatic carbocycles. The molecule has 0 spiro atoms. The van der Waals surface area contributed by atoms with Crippen molar-refractivity contribution < 1.29 is 4.74 Å². The van der Waals surface area contributed by atoms with Crippen LogP contribution in [0, 0.1) is 0 Å². The molecule has 0 aliphatic carbocycles. The zero-order valence-corrected chi connectivity index (χ0v) is 8.68. The van der Waals surface area contributed by atoms with E-state index in [1.54, 1.807) is 0 Å². The van der Waals surface area contributed by atoms with Gasteiger partial charge < -0.3 is 4.74 Å². The number of nitrogens with zero attached hydrogens (tertiary/aromatic N) is 1. The van der Waals surface area contributed by atoms with Gasteiger partial charge in [-0.1, -0.05) is 0 Å². The van der Waals surface area contributed by atoms with Crippen LogP contribution in [-0.2, 0) is 4.74 Å². The van der Waals surface area contributed by atoms with Gasteiger partial charge >= 0.3 is 0 Å². The maximum atomic E-state index is 5.55. The second kappa shape index (κ2) is 8.88. The minimum atomic E-state index is 0. The van der Waals surface area contributed by atoms with Crippen LogP contribution in [0.2, 0.25) is 0 Å². The molecular formula is C6H14Cl3NO. The van der Waals surface area contributed by atoms with Crippen molar-refractivity contribution in [3.8, 4) is 0 Å². The molecule has 5 heteroatoms. The van der Waals surface area contributed by atoms with E-state index < -0.39 is 0 Å². The molecule has 1 heterocycles. The van der Waals surface area contributed by atoms with Crippen LogP contribution in [0.15, 0.2) is 0 Å². The summed E-state index contributed by atoms with van der Waals surface area (Å²) < 4.78 is 5.16. The van der Waals surface area contributed by atoms with Crippen molar-refractivity contribution >= 4 is 36.4 Å². The largest absolute Gasteiger partial charge is 0.379 e. The molecule has 1 aliphatic heterocycles. The summed E-state index contributed by atoms with van der Waals surface area (Å²) in [6, 6.07) is 0. The fourth-order valence-electron chi connectivity index (χ4n) is 0.944. The lowest BCUT2D eigenvalue weighted by molar-refractivity contribution is 0.0408. The third-order valence-corrected chi connectivity index (χ3v) is 1.67. The molecule has 2 nitrogen and oxygen atoms in total. The Morgan fingerprint density at radius 3 is 2.18 bits per heavy atom. The van der Waals surface area contributed by atoms with Gasteiger partial charge in [0.15, 0.2) is 0 Å². The number of halogens is 3. The molecule has 0 unspecified atom stereocenters. The molecule has 0 radical (unpaired) electrons. The van der Waals surface area contributed by atoms with E-state index in [0.717, 1.165) is 38.7 Å². The maximum Gasteiger partial charge on any atom is 0.0594 e. The normalized spacial score (nSPS) is 18.3.